The second-order valence-electron chi connectivity index (χ2n) is 13.7. The maximum Gasteiger partial charge on any atom is 0.342 e. The van der Waals surface area contributed by atoms with Crippen molar-refractivity contribution in [3.05, 3.63) is 35.1 Å². The predicted octanol–water partition coefficient (Wildman–Crippen LogP) is 6.33. The number of cyclic esters (lactones) is 2. The van der Waals surface area contributed by atoms with E-state index in [0.29, 0.717) is 11.1 Å². The van der Waals surface area contributed by atoms with Crippen LogP contribution in [0.3, 0.4) is 0 Å². The van der Waals surface area contributed by atoms with Gasteiger partial charge < -0.3 is 14.6 Å². The van der Waals surface area contributed by atoms with Gasteiger partial charge in [-0.25, -0.2) is 14.4 Å². The van der Waals surface area contributed by atoms with E-state index in [1.165, 1.54) is 6.08 Å². The quantitative estimate of drug-likeness (QED) is 0.171. The minimum absolute atomic E-state index is 0.00130. The summed E-state index contributed by atoms with van der Waals surface area (Å²) in [7, 11) is -3.04. The molecule has 206 valence electrons. The van der Waals surface area contributed by atoms with Crippen LogP contribution in [-0.2, 0) is 28.7 Å². The third-order valence-corrected chi connectivity index (χ3v) is 16.9. The van der Waals surface area contributed by atoms with Crippen molar-refractivity contribution in [2.24, 2.45) is 17.8 Å². The molecule has 0 spiro atoms. The topological polar surface area (TPSA) is 107 Å². The first-order valence-corrected chi connectivity index (χ1v) is 19.9. The van der Waals surface area contributed by atoms with E-state index in [2.05, 4.69) is 57.9 Å². The number of carboxylic acid groups (broad SMARTS) is 1. The fourth-order valence-corrected chi connectivity index (χ4v) is 5.61. The first-order chi connectivity index (χ1) is 16.6. The smallest absolute Gasteiger partial charge is 0.342 e. The number of aliphatic carboxylic acids is 1. The van der Waals surface area contributed by atoms with Crippen molar-refractivity contribution < 1.29 is 33.8 Å². The summed E-state index contributed by atoms with van der Waals surface area (Å²) < 4.78 is 10.3. The molecule has 0 amide bonds. The van der Waals surface area contributed by atoms with Gasteiger partial charge in [-0.2, -0.15) is 0 Å². The molecule has 7 nitrogen and oxygen atoms in total. The van der Waals surface area contributed by atoms with Gasteiger partial charge in [0.05, 0.1) is 21.2 Å². The van der Waals surface area contributed by atoms with Crippen molar-refractivity contribution >= 4 is 40.0 Å². The number of carbonyl (C=O) groups excluding carboxylic acids is 3. The fourth-order valence-electron chi connectivity index (χ4n) is 4.29. The zero-order valence-electron chi connectivity index (χ0n) is 24.3. The Labute approximate surface area is 223 Å². The summed E-state index contributed by atoms with van der Waals surface area (Å²) in [5.74, 6) is -1.05. The van der Waals surface area contributed by atoms with E-state index in [9.17, 15) is 19.2 Å². The molecule has 1 heterocycles. The van der Waals surface area contributed by atoms with Crippen molar-refractivity contribution in [1.82, 2.24) is 0 Å². The van der Waals surface area contributed by atoms with Crippen LogP contribution in [0.4, 0.5) is 0 Å². The van der Waals surface area contributed by atoms with Crippen LogP contribution >= 0.6 is 0 Å². The molecule has 3 unspecified atom stereocenters. The maximum absolute atomic E-state index is 12.6. The average Bonchev–Trinajstić information content (AvgIpc) is 3.39. The summed E-state index contributed by atoms with van der Waals surface area (Å²) in [5, 5.41) is 8.34. The Morgan fingerprint density at radius 2 is 1.59 bits per heavy atom. The molecule has 1 saturated carbocycles. The van der Waals surface area contributed by atoms with Crippen molar-refractivity contribution in [1.29, 1.82) is 0 Å². The standard InChI is InChI=1S/C18H24O5Si.C10H20O2Si/c1-18(2,24(3,4)5)17(21)22-14-8-10-6-11(14)7-12(10)13-9-15(19)23-16(13)20;1-8(9(11)12)7-10(2,3)13(4,5)6/h8-12H,6-7H2,1-5H3;7H,1-6H3,(H,11,12). The van der Waals surface area contributed by atoms with Gasteiger partial charge in [0.15, 0.2) is 0 Å². The lowest BCUT2D eigenvalue weighted by atomic mass is 9.86. The summed E-state index contributed by atoms with van der Waals surface area (Å²) in [6.45, 7) is 23.0. The molecule has 3 rings (SSSR count). The van der Waals surface area contributed by atoms with Gasteiger partial charge in [0.2, 0.25) is 0 Å². The molecular formula is C28H44O7Si2. The lowest BCUT2D eigenvalue weighted by Gasteiger charge is -2.35. The van der Waals surface area contributed by atoms with E-state index in [4.69, 9.17) is 9.84 Å². The van der Waals surface area contributed by atoms with Gasteiger partial charge in [-0.1, -0.05) is 73.1 Å². The highest BCUT2D eigenvalue weighted by Gasteiger charge is 2.49. The minimum atomic E-state index is -1.70. The zero-order valence-corrected chi connectivity index (χ0v) is 26.3. The number of fused-ring (bicyclic) bond motifs is 2. The van der Waals surface area contributed by atoms with Crippen molar-refractivity contribution in [3.63, 3.8) is 0 Å². The van der Waals surface area contributed by atoms with Crippen LogP contribution in [0.25, 0.3) is 0 Å². The lowest BCUT2D eigenvalue weighted by molar-refractivity contribution is -0.151. The minimum Gasteiger partial charge on any atom is -0.478 e. The van der Waals surface area contributed by atoms with Gasteiger partial charge in [-0.3, -0.25) is 4.79 Å². The average molecular weight is 549 g/mol. The summed E-state index contributed by atoms with van der Waals surface area (Å²) in [6, 6.07) is 0. The highest BCUT2D eigenvalue weighted by molar-refractivity contribution is 6.82. The number of carbonyl (C=O) groups is 4. The third kappa shape index (κ3) is 6.79. The van der Waals surface area contributed by atoms with Gasteiger partial charge in [-0.15, -0.1) is 0 Å². The highest BCUT2D eigenvalue weighted by Crippen LogP contribution is 2.52. The van der Waals surface area contributed by atoms with Crippen LogP contribution in [0.1, 0.15) is 47.5 Å². The summed E-state index contributed by atoms with van der Waals surface area (Å²) in [6.07, 6.45) is 6.75. The maximum atomic E-state index is 12.6. The molecule has 0 saturated heterocycles. The lowest BCUT2D eigenvalue weighted by Crippen LogP contribution is -2.42. The summed E-state index contributed by atoms with van der Waals surface area (Å²) in [4.78, 5) is 46.2. The van der Waals surface area contributed by atoms with E-state index in [-0.39, 0.29) is 28.8 Å². The second-order valence-corrected chi connectivity index (χ2v) is 25.2. The molecule has 1 N–H and O–H groups in total. The largest absolute Gasteiger partial charge is 0.478 e. The van der Waals surface area contributed by atoms with Crippen LogP contribution in [0.5, 0.6) is 0 Å². The monoisotopic (exact) mass is 548 g/mol. The zero-order chi connectivity index (χ0) is 28.7. The van der Waals surface area contributed by atoms with Gasteiger partial charge in [-0.05, 0) is 42.7 Å². The molecule has 1 aliphatic heterocycles. The van der Waals surface area contributed by atoms with Crippen molar-refractivity contribution in [2.45, 2.75) is 96.8 Å². The molecule has 3 atom stereocenters. The van der Waals surface area contributed by atoms with E-state index in [1.807, 2.05) is 26.0 Å². The van der Waals surface area contributed by atoms with E-state index < -0.39 is 39.1 Å². The van der Waals surface area contributed by atoms with E-state index in [1.54, 1.807) is 6.92 Å². The number of carboxylic acids is 1. The van der Waals surface area contributed by atoms with Gasteiger partial charge in [0.1, 0.15) is 5.76 Å². The number of hydrogen-bond donors (Lipinski definition) is 1. The number of esters is 3. The SMILES string of the molecule is CC(=CC(C)(C)[Si](C)(C)C)C(=O)O.CC(C)(C(=O)OC1=CC2CC1CC2C1=CC(=O)OC1=O)[Si](C)(C)C. The first kappa shape index (κ1) is 31.0. The Morgan fingerprint density at radius 3 is 1.97 bits per heavy atom. The molecule has 0 aromatic heterocycles. The number of ether oxygens (including phenoxy) is 2. The molecule has 0 aromatic carbocycles. The molecule has 2 bridgehead atoms. The van der Waals surface area contributed by atoms with E-state index in [0.717, 1.165) is 18.6 Å². The molecule has 3 aliphatic rings. The Bertz CT molecular complexity index is 1070. The Kier molecular flexibility index (Phi) is 8.77. The second kappa shape index (κ2) is 10.5. The third-order valence-electron chi connectivity index (χ3n) is 8.94. The van der Waals surface area contributed by atoms with Crippen LogP contribution in [-0.4, -0.2) is 45.1 Å². The molecule has 0 radical (unpaired) electrons. The summed E-state index contributed by atoms with van der Waals surface area (Å²) in [5.41, 5.74) is 0.920. The number of hydrogen-bond acceptors (Lipinski definition) is 6. The molecule has 2 aliphatic carbocycles. The van der Waals surface area contributed by atoms with E-state index >= 15 is 0 Å². The number of allylic oxidation sites excluding steroid dienone is 3. The summed E-state index contributed by atoms with van der Waals surface area (Å²) >= 11 is 0. The van der Waals surface area contributed by atoms with Gasteiger partial charge in [0.25, 0.3) is 0 Å². The normalized spacial score (nSPS) is 24.2. The highest BCUT2D eigenvalue weighted by atomic mass is 28.3. The Balaban J connectivity index is 0.000000317. The molecule has 1 fully saturated rings. The molecule has 0 aromatic rings. The molecule has 37 heavy (non-hydrogen) atoms. The first-order valence-electron chi connectivity index (χ1n) is 12.9. The van der Waals surface area contributed by atoms with Crippen LogP contribution in [0.2, 0.25) is 49.4 Å². The van der Waals surface area contributed by atoms with Gasteiger partial charge in [0, 0.05) is 23.1 Å². The number of rotatable bonds is 7. The van der Waals surface area contributed by atoms with Crippen molar-refractivity contribution in [3.8, 4) is 0 Å². The predicted molar refractivity (Wildman–Crippen MR) is 149 cm³/mol. The molecular weight excluding hydrogens is 504 g/mol. The molecule has 9 heteroatoms. The van der Waals surface area contributed by atoms with Gasteiger partial charge >= 0.3 is 23.9 Å². The fraction of sp³-hybridized carbons (Fsp3) is 0.643. The van der Waals surface area contributed by atoms with Crippen molar-refractivity contribution in [2.75, 3.05) is 0 Å². The van der Waals surface area contributed by atoms with Crippen LogP contribution < -0.4 is 0 Å². The Morgan fingerprint density at radius 1 is 1.03 bits per heavy atom. The van der Waals surface area contributed by atoms with Crippen LogP contribution in [0, 0.1) is 17.8 Å². The van der Waals surface area contributed by atoms with Crippen LogP contribution in [0.15, 0.2) is 35.1 Å². The Hall–Kier alpha value is -2.27.